The first-order chi connectivity index (χ1) is 13.0. The molecule has 2 amide bonds. The van der Waals surface area contributed by atoms with E-state index < -0.39 is 6.10 Å². The fraction of sp³-hybridized carbons (Fsp3) is 0.143. The third-order valence-corrected chi connectivity index (χ3v) is 4.04. The van der Waals surface area contributed by atoms with Gasteiger partial charge in [-0.2, -0.15) is 0 Å². The molecular formula is C21H19FN2O3. The van der Waals surface area contributed by atoms with E-state index in [1.54, 1.807) is 54.3 Å². The van der Waals surface area contributed by atoms with E-state index >= 15 is 0 Å². The highest BCUT2D eigenvalue weighted by atomic mass is 19.1. The van der Waals surface area contributed by atoms with Crippen molar-refractivity contribution in [1.29, 1.82) is 0 Å². The molecule has 0 fully saturated rings. The smallest absolute Gasteiger partial charge is 0.268 e. The minimum absolute atomic E-state index is 0.138. The van der Waals surface area contributed by atoms with Gasteiger partial charge in [-0.3, -0.25) is 9.59 Å². The number of rotatable bonds is 5. The first-order valence-corrected chi connectivity index (χ1v) is 8.45. The standard InChI is InChI=1S/C21H19FN2O3/c1-3-12-24-18-10-9-17(13-19(18)27-14(2)21(24)26)23-20(25)11-6-15-4-7-16(22)8-5-15/h3-11,13-14H,1,12H2,2H3,(H,23,25)/b11-6+. The quantitative estimate of drug-likeness (QED) is 0.647. The number of carbonyl (C=O) groups is 2. The van der Waals surface area contributed by atoms with Crippen LogP contribution in [-0.2, 0) is 9.59 Å². The lowest BCUT2D eigenvalue weighted by atomic mass is 10.1. The molecule has 0 saturated carbocycles. The topological polar surface area (TPSA) is 58.6 Å². The predicted molar refractivity (Wildman–Crippen MR) is 103 cm³/mol. The van der Waals surface area contributed by atoms with Gasteiger partial charge in [0.25, 0.3) is 5.91 Å². The summed E-state index contributed by atoms with van der Waals surface area (Å²) in [5.41, 5.74) is 1.90. The van der Waals surface area contributed by atoms with Crippen LogP contribution in [0.2, 0.25) is 0 Å². The van der Waals surface area contributed by atoms with Crippen LogP contribution in [0.5, 0.6) is 5.75 Å². The molecule has 5 nitrogen and oxygen atoms in total. The maximum atomic E-state index is 12.9. The van der Waals surface area contributed by atoms with Gasteiger partial charge in [0.1, 0.15) is 11.6 Å². The van der Waals surface area contributed by atoms with E-state index in [2.05, 4.69) is 11.9 Å². The Balaban J connectivity index is 1.74. The molecular weight excluding hydrogens is 347 g/mol. The summed E-state index contributed by atoms with van der Waals surface area (Å²) in [6.07, 6.45) is 4.00. The van der Waals surface area contributed by atoms with Crippen LogP contribution in [0.1, 0.15) is 12.5 Å². The molecule has 0 aliphatic carbocycles. The lowest BCUT2D eigenvalue weighted by Gasteiger charge is -2.32. The number of amides is 2. The zero-order valence-corrected chi connectivity index (χ0v) is 14.8. The predicted octanol–water partition coefficient (Wildman–Crippen LogP) is 3.78. The van der Waals surface area contributed by atoms with Gasteiger partial charge in [0, 0.05) is 24.4 Å². The number of benzene rings is 2. The number of hydrogen-bond acceptors (Lipinski definition) is 3. The van der Waals surface area contributed by atoms with Crippen molar-refractivity contribution in [2.24, 2.45) is 0 Å². The van der Waals surface area contributed by atoms with E-state index in [9.17, 15) is 14.0 Å². The number of nitrogens with one attached hydrogen (secondary N) is 1. The first kappa shape index (κ1) is 18.4. The summed E-state index contributed by atoms with van der Waals surface area (Å²) >= 11 is 0. The minimum atomic E-state index is -0.609. The van der Waals surface area contributed by atoms with Crippen LogP contribution in [0.3, 0.4) is 0 Å². The summed E-state index contributed by atoms with van der Waals surface area (Å²) in [5.74, 6) is -0.281. The number of fused-ring (bicyclic) bond motifs is 1. The fourth-order valence-electron chi connectivity index (χ4n) is 2.74. The lowest BCUT2D eigenvalue weighted by molar-refractivity contribution is -0.125. The largest absolute Gasteiger partial charge is 0.479 e. The van der Waals surface area contributed by atoms with Gasteiger partial charge in [-0.05, 0) is 42.8 Å². The Morgan fingerprint density at radius 2 is 2.04 bits per heavy atom. The minimum Gasteiger partial charge on any atom is -0.479 e. The van der Waals surface area contributed by atoms with Crippen molar-refractivity contribution in [2.45, 2.75) is 13.0 Å². The molecule has 2 aromatic rings. The van der Waals surface area contributed by atoms with Gasteiger partial charge in [-0.25, -0.2) is 4.39 Å². The Bertz CT molecular complexity index is 906. The molecule has 0 saturated heterocycles. The molecule has 27 heavy (non-hydrogen) atoms. The number of anilines is 2. The van der Waals surface area contributed by atoms with Gasteiger partial charge >= 0.3 is 0 Å². The molecule has 0 aromatic heterocycles. The summed E-state index contributed by atoms with van der Waals surface area (Å²) in [6, 6.07) is 10.9. The number of carbonyl (C=O) groups excluding carboxylic acids is 2. The Labute approximate surface area is 156 Å². The van der Waals surface area contributed by atoms with Gasteiger partial charge in [-0.15, -0.1) is 6.58 Å². The molecule has 1 atom stereocenters. The molecule has 1 heterocycles. The van der Waals surface area contributed by atoms with Crippen LogP contribution in [-0.4, -0.2) is 24.5 Å². The highest BCUT2D eigenvalue weighted by Gasteiger charge is 2.30. The second kappa shape index (κ2) is 7.86. The van der Waals surface area contributed by atoms with Crippen LogP contribution < -0.4 is 15.0 Å². The van der Waals surface area contributed by atoms with Gasteiger partial charge in [-0.1, -0.05) is 18.2 Å². The van der Waals surface area contributed by atoms with E-state index in [1.807, 2.05) is 0 Å². The molecule has 0 spiro atoms. The molecule has 1 aliphatic rings. The van der Waals surface area contributed by atoms with E-state index in [0.717, 1.165) is 0 Å². The third-order valence-electron chi connectivity index (χ3n) is 4.04. The van der Waals surface area contributed by atoms with Crippen molar-refractivity contribution in [3.63, 3.8) is 0 Å². The summed E-state index contributed by atoms with van der Waals surface area (Å²) in [7, 11) is 0. The molecule has 1 N–H and O–H groups in total. The molecule has 1 unspecified atom stereocenters. The van der Waals surface area contributed by atoms with Gasteiger partial charge in [0.15, 0.2) is 6.10 Å². The van der Waals surface area contributed by atoms with Gasteiger partial charge in [0.05, 0.1) is 5.69 Å². The number of nitrogens with zero attached hydrogens (tertiary/aromatic N) is 1. The summed E-state index contributed by atoms with van der Waals surface area (Å²) in [6.45, 7) is 5.73. The van der Waals surface area contributed by atoms with Gasteiger partial charge < -0.3 is 15.0 Å². The van der Waals surface area contributed by atoms with E-state index in [1.165, 1.54) is 18.2 Å². The second-order valence-corrected chi connectivity index (χ2v) is 6.05. The SMILES string of the molecule is C=CCN1C(=O)C(C)Oc2cc(NC(=O)/C=C/c3ccc(F)cc3)ccc21. The lowest BCUT2D eigenvalue weighted by Crippen LogP contribution is -2.44. The van der Waals surface area contributed by atoms with Crippen molar-refractivity contribution in [3.05, 3.63) is 72.6 Å². The highest BCUT2D eigenvalue weighted by Crippen LogP contribution is 2.36. The van der Waals surface area contributed by atoms with E-state index in [4.69, 9.17) is 4.74 Å². The average molecular weight is 366 g/mol. The Morgan fingerprint density at radius 1 is 1.30 bits per heavy atom. The molecule has 0 bridgehead atoms. The third kappa shape index (κ3) is 4.23. The number of halogens is 1. The van der Waals surface area contributed by atoms with Crippen molar-refractivity contribution >= 4 is 29.3 Å². The molecule has 6 heteroatoms. The van der Waals surface area contributed by atoms with Crippen LogP contribution in [0, 0.1) is 5.82 Å². The summed E-state index contributed by atoms with van der Waals surface area (Å²) in [5, 5.41) is 2.74. The van der Waals surface area contributed by atoms with E-state index in [0.29, 0.717) is 29.2 Å². The van der Waals surface area contributed by atoms with Crippen molar-refractivity contribution in [1.82, 2.24) is 0 Å². The zero-order valence-electron chi connectivity index (χ0n) is 14.8. The number of hydrogen-bond donors (Lipinski definition) is 1. The van der Waals surface area contributed by atoms with Crippen LogP contribution >= 0.6 is 0 Å². The first-order valence-electron chi connectivity index (χ1n) is 8.45. The molecule has 0 radical (unpaired) electrons. The van der Waals surface area contributed by atoms with Crippen molar-refractivity contribution < 1.29 is 18.7 Å². The summed E-state index contributed by atoms with van der Waals surface area (Å²) < 4.78 is 18.5. The Kier molecular flexibility index (Phi) is 5.35. The summed E-state index contributed by atoms with van der Waals surface area (Å²) in [4.78, 5) is 25.9. The molecule has 2 aromatic carbocycles. The molecule has 3 rings (SSSR count). The van der Waals surface area contributed by atoms with Crippen LogP contribution in [0.25, 0.3) is 6.08 Å². The number of ether oxygens (including phenoxy) is 1. The second-order valence-electron chi connectivity index (χ2n) is 6.05. The zero-order chi connectivity index (χ0) is 19.4. The fourth-order valence-corrected chi connectivity index (χ4v) is 2.74. The maximum absolute atomic E-state index is 12.9. The van der Waals surface area contributed by atoms with Crippen LogP contribution in [0.4, 0.5) is 15.8 Å². The van der Waals surface area contributed by atoms with Crippen molar-refractivity contribution in [2.75, 3.05) is 16.8 Å². The van der Waals surface area contributed by atoms with Gasteiger partial charge in [0.2, 0.25) is 5.91 Å². The maximum Gasteiger partial charge on any atom is 0.268 e. The normalized spacial score (nSPS) is 16.0. The molecule has 138 valence electrons. The molecule has 1 aliphatic heterocycles. The Morgan fingerprint density at radius 3 is 2.74 bits per heavy atom. The van der Waals surface area contributed by atoms with Crippen LogP contribution in [0.15, 0.2) is 61.2 Å². The Hall–Kier alpha value is -3.41. The van der Waals surface area contributed by atoms with Crippen molar-refractivity contribution in [3.8, 4) is 5.75 Å². The van der Waals surface area contributed by atoms with E-state index in [-0.39, 0.29) is 17.6 Å². The monoisotopic (exact) mass is 366 g/mol. The average Bonchev–Trinajstić information content (AvgIpc) is 2.65. The highest BCUT2D eigenvalue weighted by molar-refractivity contribution is 6.03.